The van der Waals surface area contributed by atoms with Crippen molar-refractivity contribution in [3.63, 3.8) is 0 Å². The first kappa shape index (κ1) is 14.9. The van der Waals surface area contributed by atoms with Crippen molar-refractivity contribution in [3.05, 3.63) is 59.7 Å². The molecule has 0 aliphatic heterocycles. The van der Waals surface area contributed by atoms with Gasteiger partial charge in [-0.2, -0.15) is 0 Å². The molecule has 0 radical (unpaired) electrons. The molecule has 2 aromatic rings. The maximum atomic E-state index is 13.5. The monoisotopic (exact) mass is 361 g/mol. The molecular weight excluding hydrogens is 352 g/mol. The predicted molar refractivity (Wildman–Crippen MR) is 76.2 cm³/mol. The summed E-state index contributed by atoms with van der Waals surface area (Å²) in [4.78, 5) is -0.0224. The van der Waals surface area contributed by atoms with Crippen molar-refractivity contribution in [2.24, 2.45) is 0 Å². The number of anilines is 1. The molecule has 106 valence electrons. The number of halogens is 3. The molecule has 0 spiro atoms. The van der Waals surface area contributed by atoms with Crippen LogP contribution in [-0.2, 0) is 15.4 Å². The van der Waals surface area contributed by atoms with Crippen molar-refractivity contribution < 1.29 is 17.2 Å². The molecule has 0 fully saturated rings. The third-order valence-corrected chi connectivity index (χ3v) is 4.61. The topological polar surface area (TPSA) is 46.2 Å². The first-order chi connectivity index (χ1) is 9.44. The summed E-state index contributed by atoms with van der Waals surface area (Å²) in [6, 6.07) is 9.35. The molecular formula is C13H10BrF2NO2S. The molecule has 0 saturated carbocycles. The van der Waals surface area contributed by atoms with E-state index < -0.39 is 27.3 Å². The van der Waals surface area contributed by atoms with Crippen molar-refractivity contribution >= 4 is 31.6 Å². The quantitative estimate of drug-likeness (QED) is 0.844. The Morgan fingerprint density at radius 2 is 1.70 bits per heavy atom. The van der Waals surface area contributed by atoms with E-state index in [9.17, 15) is 17.2 Å². The Bertz CT molecular complexity index is 718. The average Bonchev–Trinajstić information content (AvgIpc) is 2.44. The third-order valence-electron chi connectivity index (χ3n) is 2.58. The molecule has 0 amide bonds. The number of rotatable bonds is 4. The highest BCUT2D eigenvalue weighted by molar-refractivity contribution is 9.08. The van der Waals surface area contributed by atoms with Crippen LogP contribution in [0.5, 0.6) is 0 Å². The van der Waals surface area contributed by atoms with Crippen LogP contribution in [0, 0.1) is 11.6 Å². The minimum absolute atomic E-state index is 0.0224. The second-order valence-electron chi connectivity index (χ2n) is 3.98. The Morgan fingerprint density at radius 3 is 2.30 bits per heavy atom. The molecule has 1 N–H and O–H groups in total. The van der Waals surface area contributed by atoms with Crippen LogP contribution in [0.25, 0.3) is 0 Å². The van der Waals surface area contributed by atoms with Crippen molar-refractivity contribution in [2.75, 3.05) is 4.72 Å². The van der Waals surface area contributed by atoms with Crippen LogP contribution in [0.3, 0.4) is 0 Å². The molecule has 2 aromatic carbocycles. The molecule has 2 rings (SSSR count). The van der Waals surface area contributed by atoms with E-state index in [-0.39, 0.29) is 4.90 Å². The van der Waals surface area contributed by atoms with E-state index in [4.69, 9.17) is 0 Å². The molecule has 0 unspecified atom stereocenters. The first-order valence-electron chi connectivity index (χ1n) is 5.56. The molecule has 0 heterocycles. The second kappa shape index (κ2) is 5.88. The molecule has 0 bridgehead atoms. The lowest BCUT2D eigenvalue weighted by Gasteiger charge is -2.09. The molecule has 0 atom stereocenters. The van der Waals surface area contributed by atoms with E-state index in [0.717, 1.165) is 17.7 Å². The van der Waals surface area contributed by atoms with Crippen molar-refractivity contribution in [1.29, 1.82) is 0 Å². The van der Waals surface area contributed by atoms with Crippen LogP contribution in [0.4, 0.5) is 14.5 Å². The van der Waals surface area contributed by atoms with Crippen molar-refractivity contribution in [2.45, 2.75) is 10.2 Å². The largest absolute Gasteiger partial charge is 0.277 e. The van der Waals surface area contributed by atoms with Crippen LogP contribution in [0.1, 0.15) is 5.56 Å². The van der Waals surface area contributed by atoms with E-state index in [1.54, 1.807) is 12.1 Å². The van der Waals surface area contributed by atoms with E-state index in [0.29, 0.717) is 5.33 Å². The number of hydrogen-bond acceptors (Lipinski definition) is 2. The van der Waals surface area contributed by atoms with Crippen LogP contribution in [0.2, 0.25) is 0 Å². The highest BCUT2D eigenvalue weighted by atomic mass is 79.9. The number of alkyl halides is 1. The van der Waals surface area contributed by atoms with Gasteiger partial charge in [0.05, 0.1) is 10.6 Å². The summed E-state index contributed by atoms with van der Waals surface area (Å²) in [7, 11) is -3.95. The van der Waals surface area contributed by atoms with Gasteiger partial charge in [-0.25, -0.2) is 17.2 Å². The maximum absolute atomic E-state index is 13.5. The van der Waals surface area contributed by atoms with Crippen molar-refractivity contribution in [1.82, 2.24) is 0 Å². The minimum Gasteiger partial charge on any atom is -0.277 e. The molecule has 7 heteroatoms. The van der Waals surface area contributed by atoms with Gasteiger partial charge < -0.3 is 0 Å². The van der Waals surface area contributed by atoms with Crippen LogP contribution in [-0.4, -0.2) is 8.42 Å². The summed E-state index contributed by atoms with van der Waals surface area (Å²) in [6.45, 7) is 0. The van der Waals surface area contributed by atoms with E-state index in [1.807, 2.05) is 4.72 Å². The van der Waals surface area contributed by atoms with Crippen LogP contribution in [0.15, 0.2) is 47.4 Å². The fraction of sp³-hybridized carbons (Fsp3) is 0.0769. The minimum atomic E-state index is -3.95. The summed E-state index contributed by atoms with van der Waals surface area (Å²) in [5.41, 5.74) is 0.482. The van der Waals surface area contributed by atoms with Gasteiger partial charge in [0.25, 0.3) is 10.0 Å². The highest BCUT2D eigenvalue weighted by Gasteiger charge is 2.17. The van der Waals surface area contributed by atoms with Gasteiger partial charge in [-0.1, -0.05) is 34.1 Å². The zero-order valence-electron chi connectivity index (χ0n) is 10.1. The van der Waals surface area contributed by atoms with Gasteiger partial charge in [0.2, 0.25) is 0 Å². The fourth-order valence-corrected chi connectivity index (χ4v) is 2.98. The Morgan fingerprint density at radius 1 is 1.05 bits per heavy atom. The summed E-state index contributed by atoms with van der Waals surface area (Å²) < 4.78 is 52.6. The number of benzene rings is 2. The Hall–Kier alpha value is -1.47. The van der Waals surface area contributed by atoms with Crippen molar-refractivity contribution in [3.8, 4) is 0 Å². The second-order valence-corrected chi connectivity index (χ2v) is 6.23. The molecule has 0 aliphatic carbocycles. The van der Waals surface area contributed by atoms with E-state index >= 15 is 0 Å². The lowest BCUT2D eigenvalue weighted by Crippen LogP contribution is -2.14. The fourth-order valence-electron chi connectivity index (χ4n) is 1.54. The average molecular weight is 362 g/mol. The van der Waals surface area contributed by atoms with Gasteiger partial charge in [0.1, 0.15) is 0 Å². The number of sulfonamides is 1. The van der Waals surface area contributed by atoms with Gasteiger partial charge in [0.15, 0.2) is 11.6 Å². The standard InChI is InChI=1S/C13H10BrF2NO2S/c14-8-9-4-6-10(7-5-9)20(18,19)17-12-3-1-2-11(15)13(12)16/h1-7,17H,8H2. The van der Waals surface area contributed by atoms with Gasteiger partial charge >= 0.3 is 0 Å². The predicted octanol–water partition coefficient (Wildman–Crippen LogP) is 3.66. The van der Waals surface area contributed by atoms with Gasteiger partial charge in [-0.3, -0.25) is 4.72 Å². The summed E-state index contributed by atoms with van der Waals surface area (Å²) >= 11 is 3.25. The van der Waals surface area contributed by atoms with Gasteiger partial charge in [-0.05, 0) is 29.8 Å². The van der Waals surface area contributed by atoms with Gasteiger partial charge in [-0.15, -0.1) is 0 Å². The highest BCUT2D eigenvalue weighted by Crippen LogP contribution is 2.21. The van der Waals surface area contributed by atoms with Crippen LogP contribution < -0.4 is 4.72 Å². The molecule has 0 saturated heterocycles. The Labute approximate surface area is 123 Å². The number of nitrogens with one attached hydrogen (secondary N) is 1. The summed E-state index contributed by atoms with van der Waals surface area (Å²) in [5, 5.41) is 0.597. The Balaban J connectivity index is 2.33. The third kappa shape index (κ3) is 3.16. The Kier molecular flexibility index (Phi) is 4.39. The maximum Gasteiger partial charge on any atom is 0.261 e. The molecule has 0 aliphatic rings. The van der Waals surface area contributed by atoms with Gasteiger partial charge in [0, 0.05) is 5.33 Å². The first-order valence-corrected chi connectivity index (χ1v) is 8.16. The summed E-state index contributed by atoms with van der Waals surface area (Å²) in [6.07, 6.45) is 0. The van der Waals surface area contributed by atoms with Crippen LogP contribution >= 0.6 is 15.9 Å². The molecule has 20 heavy (non-hydrogen) atoms. The lowest BCUT2D eigenvalue weighted by atomic mass is 10.2. The zero-order valence-corrected chi connectivity index (χ0v) is 12.5. The zero-order chi connectivity index (χ0) is 14.8. The van der Waals surface area contributed by atoms with E-state index in [1.165, 1.54) is 18.2 Å². The summed E-state index contributed by atoms with van der Waals surface area (Å²) in [5.74, 6) is -2.34. The molecule has 3 nitrogen and oxygen atoms in total. The van der Waals surface area contributed by atoms with E-state index in [2.05, 4.69) is 15.9 Å². The lowest BCUT2D eigenvalue weighted by molar-refractivity contribution is 0.511. The smallest absolute Gasteiger partial charge is 0.261 e. The normalized spacial score (nSPS) is 11.3. The molecule has 0 aromatic heterocycles. The SMILES string of the molecule is O=S(=O)(Nc1cccc(F)c1F)c1ccc(CBr)cc1. The number of hydrogen-bond donors (Lipinski definition) is 1.